The van der Waals surface area contributed by atoms with Crippen molar-refractivity contribution in [2.24, 2.45) is 0 Å². The van der Waals surface area contributed by atoms with Crippen LogP contribution in [0.4, 0.5) is 0 Å². The minimum absolute atomic E-state index is 0.0108. The Hall–Kier alpha value is -1.10. The minimum Gasteiger partial charge on any atom is -0.473 e. The molecule has 1 saturated heterocycles. The van der Waals surface area contributed by atoms with Crippen LogP contribution < -0.4 is 21.1 Å². The van der Waals surface area contributed by atoms with Crippen molar-refractivity contribution in [3.8, 4) is 5.75 Å². The molecular formula is C12H17N3O. The van der Waals surface area contributed by atoms with E-state index >= 15 is 0 Å². The van der Waals surface area contributed by atoms with Crippen LogP contribution in [0.2, 0.25) is 0 Å². The van der Waals surface area contributed by atoms with Gasteiger partial charge in [0.1, 0.15) is 5.75 Å². The van der Waals surface area contributed by atoms with Crippen molar-refractivity contribution in [3.05, 3.63) is 29.8 Å². The molecule has 4 nitrogen and oxygen atoms in total. The van der Waals surface area contributed by atoms with Crippen LogP contribution in [-0.4, -0.2) is 12.8 Å². The van der Waals surface area contributed by atoms with E-state index in [1.54, 1.807) is 0 Å². The van der Waals surface area contributed by atoms with Gasteiger partial charge in [-0.1, -0.05) is 18.6 Å². The van der Waals surface area contributed by atoms with Gasteiger partial charge in [0.2, 0.25) is 0 Å². The van der Waals surface area contributed by atoms with Gasteiger partial charge in [0, 0.05) is 0 Å². The molecule has 1 aliphatic carbocycles. The maximum Gasteiger partial charge on any atom is 0.177 e. The minimum atomic E-state index is 0.0108. The molecule has 0 aromatic heterocycles. The van der Waals surface area contributed by atoms with Gasteiger partial charge in [-0.25, -0.2) is 10.9 Å². The van der Waals surface area contributed by atoms with E-state index in [1.807, 2.05) is 6.07 Å². The van der Waals surface area contributed by atoms with E-state index in [2.05, 4.69) is 34.6 Å². The smallest absolute Gasteiger partial charge is 0.177 e. The number of hydrogen-bond donors (Lipinski definition) is 3. The molecule has 0 amide bonds. The van der Waals surface area contributed by atoms with Gasteiger partial charge >= 0.3 is 0 Å². The molecular weight excluding hydrogens is 202 g/mol. The molecule has 1 atom stereocenters. The van der Waals surface area contributed by atoms with Gasteiger partial charge in [-0.05, 0) is 36.5 Å². The first-order valence-electron chi connectivity index (χ1n) is 5.92. The molecule has 16 heavy (non-hydrogen) atoms. The Bertz CT molecular complexity index is 359. The third-order valence-corrected chi connectivity index (χ3v) is 3.32. The Morgan fingerprint density at radius 3 is 2.88 bits per heavy atom. The number of hydrogen-bond acceptors (Lipinski definition) is 4. The van der Waals surface area contributed by atoms with Crippen LogP contribution in [0, 0.1) is 0 Å². The second-order valence-corrected chi connectivity index (χ2v) is 4.46. The van der Waals surface area contributed by atoms with Crippen LogP contribution in [0.5, 0.6) is 5.75 Å². The lowest BCUT2D eigenvalue weighted by Gasteiger charge is -2.26. The van der Waals surface area contributed by atoms with Gasteiger partial charge < -0.3 is 4.74 Å². The summed E-state index contributed by atoms with van der Waals surface area (Å²) in [6.45, 7) is 0.771. The Morgan fingerprint density at radius 2 is 2.19 bits per heavy atom. The Labute approximate surface area is 95.3 Å². The van der Waals surface area contributed by atoms with E-state index in [0.29, 0.717) is 0 Å². The lowest BCUT2D eigenvalue weighted by molar-refractivity contribution is 0.191. The van der Waals surface area contributed by atoms with Crippen LogP contribution in [0.1, 0.15) is 30.7 Å². The third-order valence-electron chi connectivity index (χ3n) is 3.32. The van der Waals surface area contributed by atoms with Crippen molar-refractivity contribution in [1.29, 1.82) is 0 Å². The van der Waals surface area contributed by atoms with Gasteiger partial charge in [-0.15, -0.1) is 0 Å². The lowest BCUT2D eigenvalue weighted by Crippen LogP contribution is -2.36. The molecule has 0 radical (unpaired) electrons. The van der Waals surface area contributed by atoms with E-state index in [0.717, 1.165) is 18.2 Å². The third kappa shape index (κ3) is 2.04. The molecule has 1 heterocycles. The zero-order valence-electron chi connectivity index (χ0n) is 9.20. The summed E-state index contributed by atoms with van der Waals surface area (Å²) in [5, 5.41) is 0. The van der Waals surface area contributed by atoms with E-state index < -0.39 is 0 Å². The molecule has 0 bridgehead atoms. The zero-order chi connectivity index (χ0) is 10.8. The van der Waals surface area contributed by atoms with E-state index in [-0.39, 0.29) is 6.23 Å². The fraction of sp³-hybridized carbons (Fsp3) is 0.500. The Balaban J connectivity index is 1.68. The average molecular weight is 219 g/mol. The maximum absolute atomic E-state index is 5.80. The number of rotatable bonds is 3. The summed E-state index contributed by atoms with van der Waals surface area (Å²) < 4.78 is 5.80. The molecule has 2 fully saturated rings. The Morgan fingerprint density at radius 1 is 1.25 bits per heavy atom. The first-order valence-corrected chi connectivity index (χ1v) is 5.92. The average Bonchev–Trinajstić information content (AvgIpc) is 2.68. The molecule has 3 N–H and O–H groups in total. The lowest BCUT2D eigenvalue weighted by atomic mass is 9.80. The number of hydrazine groups is 2. The van der Waals surface area contributed by atoms with E-state index in [1.165, 1.54) is 24.8 Å². The predicted octanol–water partition coefficient (Wildman–Crippen LogP) is 1.27. The highest BCUT2D eigenvalue weighted by Crippen LogP contribution is 2.37. The van der Waals surface area contributed by atoms with Crippen LogP contribution in [0.25, 0.3) is 0 Å². The summed E-state index contributed by atoms with van der Waals surface area (Å²) in [7, 11) is 0. The fourth-order valence-electron chi connectivity index (χ4n) is 2.15. The van der Waals surface area contributed by atoms with Crippen LogP contribution in [-0.2, 0) is 0 Å². The quantitative estimate of drug-likeness (QED) is 0.716. The van der Waals surface area contributed by atoms with Crippen LogP contribution in [0.15, 0.2) is 24.3 Å². The molecule has 4 heteroatoms. The van der Waals surface area contributed by atoms with Crippen molar-refractivity contribution in [2.45, 2.75) is 31.4 Å². The van der Waals surface area contributed by atoms with Crippen molar-refractivity contribution >= 4 is 0 Å². The first kappa shape index (κ1) is 10.1. The van der Waals surface area contributed by atoms with Gasteiger partial charge in [0.25, 0.3) is 0 Å². The number of ether oxygens (including phenoxy) is 1. The number of benzene rings is 1. The molecule has 1 aromatic carbocycles. The second kappa shape index (κ2) is 4.41. The SMILES string of the molecule is c1cc(OC2CNNN2)cc(C2CCC2)c1. The van der Waals surface area contributed by atoms with Crippen molar-refractivity contribution in [2.75, 3.05) is 6.54 Å². The first-order chi connectivity index (χ1) is 7.92. The topological polar surface area (TPSA) is 45.3 Å². The van der Waals surface area contributed by atoms with E-state index in [4.69, 9.17) is 4.74 Å². The summed E-state index contributed by atoms with van der Waals surface area (Å²) in [6.07, 6.45) is 4.03. The molecule has 1 unspecified atom stereocenters. The number of nitrogens with one attached hydrogen (secondary N) is 3. The zero-order valence-corrected chi connectivity index (χ0v) is 9.20. The highest BCUT2D eigenvalue weighted by molar-refractivity contribution is 5.31. The summed E-state index contributed by atoms with van der Waals surface area (Å²) in [5.74, 6) is 1.71. The van der Waals surface area contributed by atoms with Crippen molar-refractivity contribution < 1.29 is 4.74 Å². The van der Waals surface area contributed by atoms with Gasteiger partial charge in [0.15, 0.2) is 6.23 Å². The fourth-order valence-corrected chi connectivity index (χ4v) is 2.15. The summed E-state index contributed by atoms with van der Waals surface area (Å²) >= 11 is 0. The van der Waals surface area contributed by atoms with Gasteiger partial charge in [-0.3, -0.25) is 0 Å². The standard InChI is InChI=1S/C12H17N3O/c1-3-9(4-1)10-5-2-6-11(7-10)16-12-8-13-15-14-12/h2,5-7,9,12-15H,1,3-4,8H2. The molecule has 2 aliphatic rings. The Kier molecular flexibility index (Phi) is 2.78. The van der Waals surface area contributed by atoms with Crippen molar-refractivity contribution in [1.82, 2.24) is 16.4 Å². The molecule has 3 rings (SSSR count). The van der Waals surface area contributed by atoms with E-state index in [9.17, 15) is 0 Å². The van der Waals surface area contributed by atoms with Gasteiger partial charge in [0.05, 0.1) is 6.54 Å². The second-order valence-electron chi connectivity index (χ2n) is 4.46. The monoisotopic (exact) mass is 219 g/mol. The van der Waals surface area contributed by atoms with Gasteiger partial charge in [-0.2, -0.15) is 5.53 Å². The summed E-state index contributed by atoms with van der Waals surface area (Å²) in [4.78, 5) is 0. The molecule has 1 saturated carbocycles. The molecule has 1 aliphatic heterocycles. The summed E-state index contributed by atoms with van der Waals surface area (Å²) in [6, 6.07) is 8.47. The highest BCUT2D eigenvalue weighted by Gasteiger charge is 2.20. The summed E-state index contributed by atoms with van der Waals surface area (Å²) in [5.41, 5.74) is 10.2. The van der Waals surface area contributed by atoms with Crippen LogP contribution >= 0.6 is 0 Å². The van der Waals surface area contributed by atoms with Crippen LogP contribution in [0.3, 0.4) is 0 Å². The highest BCUT2D eigenvalue weighted by atomic mass is 16.5. The molecule has 1 aromatic rings. The van der Waals surface area contributed by atoms with Crippen molar-refractivity contribution in [3.63, 3.8) is 0 Å². The largest absolute Gasteiger partial charge is 0.473 e. The molecule has 0 spiro atoms. The normalized spacial score (nSPS) is 25.4. The predicted molar refractivity (Wildman–Crippen MR) is 61.7 cm³/mol. The maximum atomic E-state index is 5.80. The molecule has 86 valence electrons.